The topological polar surface area (TPSA) is 38.2 Å². The molecule has 3 rings (SSSR count). The molecule has 1 aromatic heterocycles. The Bertz CT molecular complexity index is 613. The number of hydrogen-bond acceptors (Lipinski definition) is 5. The molecule has 4 nitrogen and oxygen atoms in total. The van der Waals surface area contributed by atoms with Crippen LogP contribution in [0.3, 0.4) is 0 Å². The summed E-state index contributed by atoms with van der Waals surface area (Å²) in [6.45, 7) is 2.68. The molecule has 1 aliphatic heterocycles. The lowest BCUT2D eigenvalue weighted by Crippen LogP contribution is -2.29. The number of benzene rings is 1. The summed E-state index contributed by atoms with van der Waals surface area (Å²) >= 11 is 1.54. The zero-order chi connectivity index (χ0) is 15.4. The van der Waals surface area contributed by atoms with E-state index in [0.29, 0.717) is 17.9 Å². The largest absolute Gasteiger partial charge is 0.381 e. The summed E-state index contributed by atoms with van der Waals surface area (Å²) in [4.78, 5) is 2.15. The Kier molecular flexibility index (Phi) is 5.00. The Morgan fingerprint density at radius 1 is 1.27 bits per heavy atom. The number of rotatable bonds is 5. The van der Waals surface area contributed by atoms with Gasteiger partial charge in [-0.15, -0.1) is 10.2 Å². The van der Waals surface area contributed by atoms with Crippen LogP contribution < -0.4 is 4.90 Å². The molecule has 22 heavy (non-hydrogen) atoms. The fourth-order valence-corrected chi connectivity index (χ4v) is 3.50. The van der Waals surface area contributed by atoms with E-state index in [1.807, 2.05) is 13.1 Å². The van der Waals surface area contributed by atoms with Crippen molar-refractivity contribution in [3.05, 3.63) is 40.7 Å². The Balaban J connectivity index is 1.61. The predicted octanol–water partition coefficient (Wildman–Crippen LogP) is 3.13. The fourth-order valence-electron chi connectivity index (χ4n) is 2.67. The molecule has 0 atom stereocenters. The molecule has 118 valence electrons. The van der Waals surface area contributed by atoms with Gasteiger partial charge in [-0.25, -0.2) is 4.39 Å². The summed E-state index contributed by atoms with van der Waals surface area (Å²) in [5.74, 6) is 0.465. The minimum absolute atomic E-state index is 0.185. The minimum atomic E-state index is -0.185. The van der Waals surface area contributed by atoms with Gasteiger partial charge in [0, 0.05) is 33.2 Å². The van der Waals surface area contributed by atoms with Gasteiger partial charge in [0.2, 0.25) is 5.13 Å². The molecule has 0 N–H and O–H groups in total. The molecule has 0 spiro atoms. The molecule has 2 heterocycles. The Morgan fingerprint density at radius 2 is 2.05 bits per heavy atom. The van der Waals surface area contributed by atoms with Crippen molar-refractivity contribution in [1.29, 1.82) is 0 Å². The standard InChI is InChI=1S/C16H20FN3OS/c1-20(11-12-6-8-21-9-7-12)16-19-18-15(22-16)10-13-4-2-3-5-14(13)17/h2-5,12H,6-11H2,1H3. The first-order valence-corrected chi connectivity index (χ1v) is 8.38. The van der Waals surface area contributed by atoms with Crippen LogP contribution in [0.15, 0.2) is 24.3 Å². The van der Waals surface area contributed by atoms with Crippen molar-refractivity contribution in [3.8, 4) is 0 Å². The molecule has 0 aliphatic carbocycles. The van der Waals surface area contributed by atoms with Gasteiger partial charge in [0.15, 0.2) is 0 Å². The second kappa shape index (κ2) is 7.15. The predicted molar refractivity (Wildman–Crippen MR) is 85.9 cm³/mol. The normalized spacial score (nSPS) is 15.9. The third kappa shape index (κ3) is 3.81. The molecule has 0 amide bonds. The van der Waals surface area contributed by atoms with Gasteiger partial charge >= 0.3 is 0 Å². The van der Waals surface area contributed by atoms with Gasteiger partial charge < -0.3 is 9.64 Å². The SMILES string of the molecule is CN(CC1CCOCC1)c1nnc(Cc2ccccc2F)s1. The van der Waals surface area contributed by atoms with E-state index in [4.69, 9.17) is 4.74 Å². The molecular weight excluding hydrogens is 301 g/mol. The van der Waals surface area contributed by atoms with Crippen LogP contribution in [-0.4, -0.2) is 37.0 Å². The lowest BCUT2D eigenvalue weighted by molar-refractivity contribution is 0.0685. The van der Waals surface area contributed by atoms with Gasteiger partial charge in [0.25, 0.3) is 0 Å². The summed E-state index contributed by atoms with van der Waals surface area (Å²) in [6.07, 6.45) is 2.70. The first kappa shape index (κ1) is 15.4. The summed E-state index contributed by atoms with van der Waals surface area (Å²) in [5, 5.41) is 10.2. The Hall–Kier alpha value is -1.53. The van der Waals surface area contributed by atoms with E-state index in [9.17, 15) is 4.39 Å². The van der Waals surface area contributed by atoms with Crippen LogP contribution >= 0.6 is 11.3 Å². The van der Waals surface area contributed by atoms with E-state index in [1.165, 1.54) is 17.4 Å². The van der Waals surface area contributed by atoms with Gasteiger partial charge in [-0.3, -0.25) is 0 Å². The van der Waals surface area contributed by atoms with Crippen LogP contribution in [0, 0.1) is 11.7 Å². The van der Waals surface area contributed by atoms with E-state index in [2.05, 4.69) is 15.1 Å². The number of hydrogen-bond donors (Lipinski definition) is 0. The molecule has 1 aliphatic rings. The van der Waals surface area contributed by atoms with Crippen molar-refractivity contribution in [2.24, 2.45) is 5.92 Å². The maximum absolute atomic E-state index is 13.7. The molecule has 1 saturated heterocycles. The summed E-state index contributed by atoms with van der Waals surface area (Å²) < 4.78 is 19.1. The molecule has 6 heteroatoms. The summed E-state index contributed by atoms with van der Waals surface area (Å²) in [5.41, 5.74) is 0.664. The average molecular weight is 321 g/mol. The number of halogens is 1. The Labute approximate surface area is 133 Å². The van der Waals surface area contributed by atoms with E-state index in [1.54, 1.807) is 12.1 Å². The van der Waals surface area contributed by atoms with Crippen LogP contribution in [0.1, 0.15) is 23.4 Å². The van der Waals surface area contributed by atoms with E-state index in [-0.39, 0.29) is 5.82 Å². The van der Waals surface area contributed by atoms with E-state index < -0.39 is 0 Å². The first-order valence-electron chi connectivity index (χ1n) is 7.57. The Morgan fingerprint density at radius 3 is 2.82 bits per heavy atom. The smallest absolute Gasteiger partial charge is 0.208 e. The van der Waals surface area contributed by atoms with Gasteiger partial charge in [-0.1, -0.05) is 29.5 Å². The van der Waals surface area contributed by atoms with E-state index >= 15 is 0 Å². The molecule has 1 aromatic carbocycles. The van der Waals surface area contributed by atoms with Gasteiger partial charge in [-0.2, -0.15) is 0 Å². The van der Waals surface area contributed by atoms with Crippen LogP contribution in [0.25, 0.3) is 0 Å². The van der Waals surface area contributed by atoms with Crippen LogP contribution in [0.5, 0.6) is 0 Å². The van der Waals surface area contributed by atoms with Crippen molar-refractivity contribution in [3.63, 3.8) is 0 Å². The van der Waals surface area contributed by atoms with Crippen molar-refractivity contribution in [2.75, 3.05) is 31.7 Å². The molecule has 0 saturated carbocycles. The third-order valence-corrected chi connectivity index (χ3v) is 4.99. The van der Waals surface area contributed by atoms with Gasteiger partial charge in [-0.05, 0) is 30.4 Å². The second-order valence-electron chi connectivity index (χ2n) is 5.68. The van der Waals surface area contributed by atoms with E-state index in [0.717, 1.165) is 42.7 Å². The van der Waals surface area contributed by atoms with Crippen LogP contribution in [0.2, 0.25) is 0 Å². The maximum Gasteiger partial charge on any atom is 0.208 e. The molecule has 2 aromatic rings. The number of nitrogens with zero attached hydrogens (tertiary/aromatic N) is 3. The second-order valence-corrected chi connectivity index (χ2v) is 6.72. The van der Waals surface area contributed by atoms with Gasteiger partial charge in [0.05, 0.1) is 0 Å². The monoisotopic (exact) mass is 321 g/mol. The lowest BCUT2D eigenvalue weighted by atomic mass is 10.0. The zero-order valence-electron chi connectivity index (χ0n) is 12.7. The summed E-state index contributed by atoms with van der Waals surface area (Å²) in [7, 11) is 2.04. The molecular formula is C16H20FN3OS. The zero-order valence-corrected chi connectivity index (χ0v) is 13.5. The molecule has 0 unspecified atom stereocenters. The lowest BCUT2D eigenvalue weighted by Gasteiger charge is -2.26. The molecule has 0 bridgehead atoms. The van der Waals surface area contributed by atoms with Crippen LogP contribution in [0.4, 0.5) is 9.52 Å². The average Bonchev–Trinajstić information content (AvgIpc) is 2.99. The highest BCUT2D eigenvalue weighted by Crippen LogP contribution is 2.24. The van der Waals surface area contributed by atoms with Crippen LogP contribution in [-0.2, 0) is 11.2 Å². The van der Waals surface area contributed by atoms with Crippen molar-refractivity contribution in [1.82, 2.24) is 10.2 Å². The summed E-state index contributed by atoms with van der Waals surface area (Å²) in [6, 6.07) is 6.82. The highest BCUT2D eigenvalue weighted by Gasteiger charge is 2.18. The minimum Gasteiger partial charge on any atom is -0.381 e. The highest BCUT2D eigenvalue weighted by molar-refractivity contribution is 7.15. The quantitative estimate of drug-likeness (QED) is 0.848. The third-order valence-electron chi connectivity index (χ3n) is 3.96. The fraction of sp³-hybridized carbons (Fsp3) is 0.500. The van der Waals surface area contributed by atoms with Gasteiger partial charge in [0.1, 0.15) is 10.8 Å². The van der Waals surface area contributed by atoms with Crippen molar-refractivity contribution < 1.29 is 9.13 Å². The highest BCUT2D eigenvalue weighted by atomic mass is 32.1. The number of anilines is 1. The molecule has 0 radical (unpaired) electrons. The van der Waals surface area contributed by atoms with Crippen molar-refractivity contribution >= 4 is 16.5 Å². The maximum atomic E-state index is 13.7. The number of aromatic nitrogens is 2. The van der Waals surface area contributed by atoms with Crippen molar-refractivity contribution in [2.45, 2.75) is 19.3 Å². The number of ether oxygens (including phenoxy) is 1. The molecule has 1 fully saturated rings. The first-order chi connectivity index (χ1) is 10.7.